The third-order valence-corrected chi connectivity index (χ3v) is 5.16. The fraction of sp³-hybridized carbons (Fsp3) is 0.538. The molecule has 0 radical (unpaired) electrons. The normalized spacial score (nSPS) is 17.5. The molecule has 0 N–H and O–H groups in total. The summed E-state index contributed by atoms with van der Waals surface area (Å²) in [6, 6.07) is 0. The minimum atomic E-state index is 0.411. The first kappa shape index (κ1) is 12.1. The maximum atomic E-state index is 5.28. The second kappa shape index (κ2) is 4.31. The van der Waals surface area contributed by atoms with Crippen LogP contribution in [-0.2, 0) is 12.8 Å². The Bertz CT molecular complexity index is 571. The first-order chi connectivity index (χ1) is 8.59. The lowest BCUT2D eigenvalue weighted by Crippen LogP contribution is -2.20. The van der Waals surface area contributed by atoms with E-state index in [1.807, 2.05) is 5.38 Å². The Kier molecular flexibility index (Phi) is 2.90. The molecule has 1 aliphatic rings. The molecule has 5 heteroatoms. The maximum absolute atomic E-state index is 5.28. The summed E-state index contributed by atoms with van der Waals surface area (Å²) in [5.74, 6) is 0.699. The van der Waals surface area contributed by atoms with E-state index in [1.165, 1.54) is 28.5 Å². The second-order valence-corrected chi connectivity index (χ2v) is 7.18. The number of fused-ring (bicyclic) bond motifs is 1. The molecule has 0 spiro atoms. The molecule has 0 amide bonds. The minimum Gasteiger partial charge on any atom is -0.480 e. The Hall–Kier alpha value is -0.940. The number of hydrogen-bond donors (Lipinski definition) is 0. The topological polar surface area (TPSA) is 35.0 Å². The van der Waals surface area contributed by atoms with Gasteiger partial charge in [-0.1, -0.05) is 13.8 Å². The molecule has 0 fully saturated rings. The van der Waals surface area contributed by atoms with Crippen molar-refractivity contribution in [2.75, 3.05) is 7.11 Å². The highest BCUT2D eigenvalue weighted by molar-refractivity contribution is 7.15. The Balaban J connectivity index is 1.99. The quantitative estimate of drug-likeness (QED) is 0.839. The summed E-state index contributed by atoms with van der Waals surface area (Å²) in [7, 11) is 1.66. The predicted octanol–water partition coefficient (Wildman–Crippen LogP) is 3.79. The van der Waals surface area contributed by atoms with E-state index in [0.29, 0.717) is 11.3 Å². The zero-order valence-electron chi connectivity index (χ0n) is 10.8. The van der Waals surface area contributed by atoms with Crippen LogP contribution in [0, 0.1) is 5.41 Å². The molecule has 0 aromatic carbocycles. The zero-order valence-corrected chi connectivity index (χ0v) is 12.5. The Morgan fingerprint density at radius 3 is 3.00 bits per heavy atom. The van der Waals surface area contributed by atoms with Crippen molar-refractivity contribution >= 4 is 22.9 Å². The molecule has 96 valence electrons. The third kappa shape index (κ3) is 2.06. The Morgan fingerprint density at radius 1 is 1.39 bits per heavy atom. The molecule has 0 aliphatic heterocycles. The molecule has 3 nitrogen and oxygen atoms in total. The first-order valence-corrected chi connectivity index (χ1v) is 7.72. The average molecular weight is 280 g/mol. The lowest BCUT2D eigenvalue weighted by molar-refractivity contribution is 0.316. The van der Waals surface area contributed by atoms with Gasteiger partial charge >= 0.3 is 0 Å². The van der Waals surface area contributed by atoms with Crippen LogP contribution in [0.4, 0.5) is 0 Å². The van der Waals surface area contributed by atoms with Gasteiger partial charge in [0.1, 0.15) is 5.01 Å². The van der Waals surface area contributed by atoms with E-state index in [1.54, 1.807) is 18.4 Å². The van der Waals surface area contributed by atoms with Gasteiger partial charge in [-0.2, -0.15) is 4.37 Å². The van der Waals surface area contributed by atoms with Crippen LogP contribution in [0.15, 0.2) is 5.38 Å². The number of rotatable bonds is 2. The van der Waals surface area contributed by atoms with Gasteiger partial charge in [-0.15, -0.1) is 11.3 Å². The predicted molar refractivity (Wildman–Crippen MR) is 75.6 cm³/mol. The van der Waals surface area contributed by atoms with Gasteiger partial charge in [-0.3, -0.25) is 0 Å². The van der Waals surface area contributed by atoms with Crippen molar-refractivity contribution in [3.8, 4) is 16.5 Å². The lowest BCUT2D eigenvalue weighted by Gasteiger charge is -2.28. The SMILES string of the molecule is COc1nscc1-c1nc2c(s1)CC(C)(C)CC2. The number of aryl methyl sites for hydroxylation is 1. The van der Waals surface area contributed by atoms with Crippen molar-refractivity contribution < 1.29 is 4.74 Å². The fourth-order valence-electron chi connectivity index (χ4n) is 2.33. The van der Waals surface area contributed by atoms with Gasteiger partial charge in [0.15, 0.2) is 0 Å². The Labute approximate surface area is 115 Å². The van der Waals surface area contributed by atoms with Gasteiger partial charge in [0.2, 0.25) is 5.88 Å². The van der Waals surface area contributed by atoms with Gasteiger partial charge in [0.25, 0.3) is 0 Å². The van der Waals surface area contributed by atoms with E-state index < -0.39 is 0 Å². The summed E-state index contributed by atoms with van der Waals surface area (Å²) in [6.07, 6.45) is 3.46. The summed E-state index contributed by atoms with van der Waals surface area (Å²) >= 11 is 3.22. The highest BCUT2D eigenvalue weighted by Crippen LogP contribution is 2.41. The smallest absolute Gasteiger partial charge is 0.235 e. The van der Waals surface area contributed by atoms with E-state index in [0.717, 1.165) is 23.4 Å². The lowest BCUT2D eigenvalue weighted by atomic mass is 9.79. The second-order valence-electron chi connectivity index (χ2n) is 5.47. The van der Waals surface area contributed by atoms with E-state index in [9.17, 15) is 0 Å². The molecule has 0 saturated carbocycles. The van der Waals surface area contributed by atoms with Crippen LogP contribution in [0.5, 0.6) is 5.88 Å². The van der Waals surface area contributed by atoms with Crippen molar-refractivity contribution in [2.45, 2.75) is 33.1 Å². The molecule has 2 aromatic rings. The summed E-state index contributed by atoms with van der Waals surface area (Å²) in [4.78, 5) is 6.21. The van der Waals surface area contributed by atoms with E-state index in [2.05, 4.69) is 18.2 Å². The van der Waals surface area contributed by atoms with E-state index in [-0.39, 0.29) is 0 Å². The number of methoxy groups -OCH3 is 1. The van der Waals surface area contributed by atoms with Crippen molar-refractivity contribution in [1.82, 2.24) is 9.36 Å². The summed E-state index contributed by atoms with van der Waals surface area (Å²) in [6.45, 7) is 4.67. The number of thiazole rings is 1. The summed E-state index contributed by atoms with van der Waals surface area (Å²) in [5, 5.41) is 3.08. The Morgan fingerprint density at radius 2 is 2.22 bits per heavy atom. The van der Waals surface area contributed by atoms with Gasteiger partial charge in [0.05, 0.1) is 18.4 Å². The van der Waals surface area contributed by atoms with Crippen LogP contribution in [0.25, 0.3) is 10.6 Å². The molecule has 1 aliphatic carbocycles. The van der Waals surface area contributed by atoms with Crippen molar-refractivity contribution in [1.29, 1.82) is 0 Å². The van der Waals surface area contributed by atoms with E-state index >= 15 is 0 Å². The standard InChI is InChI=1S/C13H16N2OS2/c1-13(2)5-4-9-10(6-13)18-12(14-9)8-7-17-15-11(8)16-3/h7H,4-6H2,1-3H3. The van der Waals surface area contributed by atoms with Crippen LogP contribution < -0.4 is 4.74 Å². The van der Waals surface area contributed by atoms with Crippen LogP contribution in [0.1, 0.15) is 30.8 Å². The minimum absolute atomic E-state index is 0.411. The summed E-state index contributed by atoms with van der Waals surface area (Å²) in [5.41, 5.74) is 2.73. The van der Waals surface area contributed by atoms with Crippen LogP contribution >= 0.6 is 22.9 Å². The largest absolute Gasteiger partial charge is 0.480 e. The van der Waals surface area contributed by atoms with Crippen LogP contribution in [-0.4, -0.2) is 16.5 Å². The summed E-state index contributed by atoms with van der Waals surface area (Å²) < 4.78 is 9.51. The molecule has 2 heterocycles. The monoisotopic (exact) mass is 280 g/mol. The van der Waals surface area contributed by atoms with Gasteiger partial charge in [0, 0.05) is 10.3 Å². The highest BCUT2D eigenvalue weighted by Gasteiger charge is 2.28. The molecule has 0 bridgehead atoms. The molecule has 0 unspecified atom stereocenters. The molecule has 3 rings (SSSR count). The molecule has 18 heavy (non-hydrogen) atoms. The van der Waals surface area contributed by atoms with Gasteiger partial charge < -0.3 is 4.74 Å². The van der Waals surface area contributed by atoms with Crippen LogP contribution in [0.3, 0.4) is 0 Å². The number of nitrogens with zero attached hydrogens (tertiary/aromatic N) is 2. The molecular weight excluding hydrogens is 264 g/mol. The molecular formula is C13H16N2OS2. The van der Waals surface area contributed by atoms with Gasteiger partial charge in [-0.25, -0.2) is 4.98 Å². The number of hydrogen-bond acceptors (Lipinski definition) is 5. The van der Waals surface area contributed by atoms with Crippen molar-refractivity contribution in [3.63, 3.8) is 0 Å². The molecule has 0 saturated heterocycles. The third-order valence-electron chi connectivity index (χ3n) is 3.42. The number of ether oxygens (including phenoxy) is 1. The van der Waals surface area contributed by atoms with Crippen LogP contribution in [0.2, 0.25) is 0 Å². The molecule has 2 aromatic heterocycles. The van der Waals surface area contributed by atoms with Crippen molar-refractivity contribution in [3.05, 3.63) is 16.0 Å². The number of aromatic nitrogens is 2. The van der Waals surface area contributed by atoms with Crippen molar-refractivity contribution in [2.24, 2.45) is 5.41 Å². The van der Waals surface area contributed by atoms with Gasteiger partial charge in [-0.05, 0) is 36.2 Å². The maximum Gasteiger partial charge on any atom is 0.235 e. The first-order valence-electron chi connectivity index (χ1n) is 6.06. The average Bonchev–Trinajstić information content (AvgIpc) is 2.91. The van der Waals surface area contributed by atoms with E-state index in [4.69, 9.17) is 9.72 Å². The highest BCUT2D eigenvalue weighted by atomic mass is 32.1. The zero-order chi connectivity index (χ0) is 12.8. The fourth-order valence-corrected chi connectivity index (χ4v) is 4.42. The molecule has 0 atom stereocenters.